The Labute approximate surface area is 244 Å². The lowest BCUT2D eigenvalue weighted by atomic mass is 9.93. The summed E-state index contributed by atoms with van der Waals surface area (Å²) in [5.41, 5.74) is 5.20. The number of carbonyl (C=O) groups excluding carboxylic acids is 1. The Balaban J connectivity index is 1.11. The lowest BCUT2D eigenvalue weighted by molar-refractivity contribution is -0.122. The number of aromatic nitrogens is 3. The van der Waals surface area contributed by atoms with E-state index in [2.05, 4.69) is 61.3 Å². The molecule has 7 heteroatoms. The minimum absolute atomic E-state index is 0.104. The standard InChI is InChI=1S/C34H43N5O2/c1-4-11-31-34(27-12-7-5-8-13-27)36-33(41-31)24-38-18-16-26(17-19-38)21-32(40)35-23-28-22-30(20-25(2)3)39(37-28)29-14-9-6-10-15-29/h5-10,12-15,22,25-26H,4,11,16-21,23-24H2,1-3H3,(H,35,40). The summed E-state index contributed by atoms with van der Waals surface area (Å²) in [6.07, 6.45) is 5.42. The zero-order valence-corrected chi connectivity index (χ0v) is 24.7. The van der Waals surface area contributed by atoms with Gasteiger partial charge in [-0.1, -0.05) is 69.3 Å². The summed E-state index contributed by atoms with van der Waals surface area (Å²) in [7, 11) is 0. The minimum atomic E-state index is 0.104. The smallest absolute Gasteiger partial charge is 0.220 e. The molecule has 4 aromatic rings. The van der Waals surface area contributed by atoms with Crippen molar-refractivity contribution >= 4 is 5.91 Å². The number of hydrogen-bond acceptors (Lipinski definition) is 5. The molecule has 1 aliphatic heterocycles. The van der Waals surface area contributed by atoms with E-state index in [4.69, 9.17) is 14.5 Å². The number of benzene rings is 2. The van der Waals surface area contributed by atoms with Gasteiger partial charge in [0.15, 0.2) is 0 Å². The van der Waals surface area contributed by atoms with Gasteiger partial charge in [0, 0.05) is 24.1 Å². The quantitative estimate of drug-likeness (QED) is 0.214. The van der Waals surface area contributed by atoms with E-state index in [9.17, 15) is 4.79 Å². The number of piperidine rings is 1. The Morgan fingerprint density at radius 3 is 2.44 bits per heavy atom. The first kappa shape index (κ1) is 28.8. The molecule has 1 aliphatic rings. The van der Waals surface area contributed by atoms with Gasteiger partial charge in [-0.3, -0.25) is 9.69 Å². The van der Waals surface area contributed by atoms with E-state index in [1.165, 1.54) is 5.69 Å². The van der Waals surface area contributed by atoms with E-state index >= 15 is 0 Å². The molecule has 41 heavy (non-hydrogen) atoms. The van der Waals surface area contributed by atoms with E-state index in [0.717, 1.165) is 79.5 Å². The van der Waals surface area contributed by atoms with Crippen LogP contribution in [0, 0.1) is 11.8 Å². The second-order valence-corrected chi connectivity index (χ2v) is 11.7. The van der Waals surface area contributed by atoms with Crippen LogP contribution in [0.5, 0.6) is 0 Å². The molecule has 0 bridgehead atoms. The van der Waals surface area contributed by atoms with Gasteiger partial charge in [0.05, 0.1) is 24.5 Å². The Kier molecular flexibility index (Phi) is 9.67. The van der Waals surface area contributed by atoms with Gasteiger partial charge in [-0.25, -0.2) is 9.67 Å². The summed E-state index contributed by atoms with van der Waals surface area (Å²) < 4.78 is 8.23. The first-order valence-corrected chi connectivity index (χ1v) is 15.1. The maximum Gasteiger partial charge on any atom is 0.220 e. The van der Waals surface area contributed by atoms with Crippen LogP contribution in [0.15, 0.2) is 71.1 Å². The van der Waals surface area contributed by atoms with Crippen LogP contribution in [-0.4, -0.2) is 38.7 Å². The van der Waals surface area contributed by atoms with Crippen molar-refractivity contribution in [2.24, 2.45) is 11.8 Å². The Morgan fingerprint density at radius 2 is 1.76 bits per heavy atom. The fourth-order valence-corrected chi connectivity index (χ4v) is 5.67. The number of nitrogens with zero attached hydrogens (tertiary/aromatic N) is 4. The van der Waals surface area contributed by atoms with Crippen LogP contribution in [0.1, 0.15) is 69.5 Å². The summed E-state index contributed by atoms with van der Waals surface area (Å²) in [6.45, 7) is 9.66. The van der Waals surface area contributed by atoms with Crippen molar-refractivity contribution in [2.45, 2.75) is 72.4 Å². The zero-order chi connectivity index (χ0) is 28.6. The number of carbonyl (C=O) groups is 1. The molecule has 1 fully saturated rings. The molecule has 2 aromatic carbocycles. The van der Waals surface area contributed by atoms with Gasteiger partial charge in [-0.2, -0.15) is 5.10 Å². The van der Waals surface area contributed by atoms with Crippen molar-refractivity contribution in [1.82, 2.24) is 25.0 Å². The number of likely N-dealkylation sites (tertiary alicyclic amines) is 1. The molecule has 7 nitrogen and oxygen atoms in total. The van der Waals surface area contributed by atoms with Crippen molar-refractivity contribution in [3.05, 3.63) is 89.8 Å². The lowest BCUT2D eigenvalue weighted by Crippen LogP contribution is -2.35. The molecule has 5 rings (SSSR count). The molecule has 2 aromatic heterocycles. The fraction of sp³-hybridized carbons (Fsp3) is 0.441. The zero-order valence-electron chi connectivity index (χ0n) is 24.7. The first-order chi connectivity index (χ1) is 20.0. The average Bonchev–Trinajstić information content (AvgIpc) is 3.57. The van der Waals surface area contributed by atoms with Gasteiger partial charge in [0.1, 0.15) is 11.5 Å². The molecule has 0 radical (unpaired) electrons. The van der Waals surface area contributed by atoms with Gasteiger partial charge in [0.2, 0.25) is 11.8 Å². The molecule has 0 saturated carbocycles. The molecular formula is C34H43N5O2. The lowest BCUT2D eigenvalue weighted by Gasteiger charge is -2.30. The van der Waals surface area contributed by atoms with Crippen LogP contribution >= 0.6 is 0 Å². The highest BCUT2D eigenvalue weighted by molar-refractivity contribution is 5.76. The predicted octanol–water partition coefficient (Wildman–Crippen LogP) is 6.60. The van der Waals surface area contributed by atoms with Crippen molar-refractivity contribution in [3.8, 4) is 16.9 Å². The Morgan fingerprint density at radius 1 is 1.05 bits per heavy atom. The molecule has 3 heterocycles. The van der Waals surface area contributed by atoms with E-state index in [-0.39, 0.29) is 5.91 Å². The van der Waals surface area contributed by atoms with E-state index < -0.39 is 0 Å². The van der Waals surface area contributed by atoms with E-state index in [1.807, 2.05) is 41.1 Å². The van der Waals surface area contributed by atoms with Crippen molar-refractivity contribution in [3.63, 3.8) is 0 Å². The number of oxazole rings is 1. The van der Waals surface area contributed by atoms with Gasteiger partial charge in [-0.05, 0) is 68.8 Å². The topological polar surface area (TPSA) is 76.2 Å². The molecule has 0 atom stereocenters. The molecule has 1 amide bonds. The third-order valence-electron chi connectivity index (χ3n) is 7.72. The SMILES string of the molecule is CCCc1oc(CN2CCC(CC(=O)NCc3cc(CC(C)C)n(-c4ccccc4)n3)CC2)nc1-c1ccccc1. The van der Waals surface area contributed by atoms with Crippen LogP contribution in [0.3, 0.4) is 0 Å². The van der Waals surface area contributed by atoms with Crippen LogP contribution in [0.4, 0.5) is 0 Å². The monoisotopic (exact) mass is 553 g/mol. The molecule has 1 N–H and O–H groups in total. The maximum atomic E-state index is 12.8. The third kappa shape index (κ3) is 7.73. The number of amides is 1. The van der Waals surface area contributed by atoms with Crippen LogP contribution in [-0.2, 0) is 30.7 Å². The Bertz CT molecular complexity index is 1390. The molecule has 216 valence electrons. The van der Waals surface area contributed by atoms with Gasteiger partial charge in [0.25, 0.3) is 0 Å². The number of para-hydroxylation sites is 1. The first-order valence-electron chi connectivity index (χ1n) is 15.1. The van der Waals surface area contributed by atoms with Gasteiger partial charge < -0.3 is 9.73 Å². The number of hydrogen-bond donors (Lipinski definition) is 1. The van der Waals surface area contributed by atoms with Crippen molar-refractivity contribution in [1.29, 1.82) is 0 Å². The second kappa shape index (κ2) is 13.8. The molecule has 0 aliphatic carbocycles. The van der Waals surface area contributed by atoms with Gasteiger partial charge in [-0.15, -0.1) is 0 Å². The minimum Gasteiger partial charge on any atom is -0.444 e. The average molecular weight is 554 g/mol. The van der Waals surface area contributed by atoms with Crippen LogP contribution in [0.25, 0.3) is 16.9 Å². The van der Waals surface area contributed by atoms with E-state index in [1.54, 1.807) is 0 Å². The van der Waals surface area contributed by atoms with Crippen molar-refractivity contribution < 1.29 is 9.21 Å². The largest absolute Gasteiger partial charge is 0.444 e. The molecule has 0 unspecified atom stereocenters. The summed E-state index contributed by atoms with van der Waals surface area (Å²) in [4.78, 5) is 20.1. The number of nitrogens with one attached hydrogen (secondary N) is 1. The fourth-order valence-electron chi connectivity index (χ4n) is 5.67. The number of aryl methyl sites for hydroxylation is 1. The van der Waals surface area contributed by atoms with Gasteiger partial charge >= 0.3 is 0 Å². The highest BCUT2D eigenvalue weighted by Crippen LogP contribution is 2.27. The predicted molar refractivity (Wildman–Crippen MR) is 163 cm³/mol. The van der Waals surface area contributed by atoms with Crippen molar-refractivity contribution in [2.75, 3.05) is 13.1 Å². The summed E-state index contributed by atoms with van der Waals surface area (Å²) in [5, 5.41) is 7.95. The maximum absolute atomic E-state index is 12.8. The summed E-state index contributed by atoms with van der Waals surface area (Å²) in [5.74, 6) is 2.79. The van der Waals surface area contributed by atoms with Crippen LogP contribution < -0.4 is 5.32 Å². The van der Waals surface area contributed by atoms with E-state index in [0.29, 0.717) is 31.3 Å². The third-order valence-corrected chi connectivity index (χ3v) is 7.72. The van der Waals surface area contributed by atoms with Crippen LogP contribution in [0.2, 0.25) is 0 Å². The Hall–Kier alpha value is -3.71. The summed E-state index contributed by atoms with van der Waals surface area (Å²) >= 11 is 0. The molecule has 1 saturated heterocycles. The normalized spacial score (nSPS) is 14.5. The highest BCUT2D eigenvalue weighted by atomic mass is 16.4. The highest BCUT2D eigenvalue weighted by Gasteiger charge is 2.24. The number of rotatable bonds is 12. The molecule has 0 spiro atoms. The second-order valence-electron chi connectivity index (χ2n) is 11.7. The molecular weight excluding hydrogens is 510 g/mol. The summed E-state index contributed by atoms with van der Waals surface area (Å²) in [6, 6.07) is 22.6.